The minimum absolute atomic E-state index is 0.205. The Hall–Kier alpha value is -0.860. The van der Waals surface area contributed by atoms with Gasteiger partial charge in [-0.2, -0.15) is 0 Å². The molecule has 0 atom stereocenters. The third kappa shape index (κ3) is 3.41. The van der Waals surface area contributed by atoms with Crippen LogP contribution in [0.15, 0.2) is 18.2 Å². The average Bonchev–Trinajstić information content (AvgIpc) is 3.33. The molecule has 0 radical (unpaired) electrons. The second-order valence-corrected chi connectivity index (χ2v) is 12.0. The maximum absolute atomic E-state index is 14.7. The Balaban J connectivity index is 1.79. The van der Waals surface area contributed by atoms with Crippen molar-refractivity contribution in [2.24, 2.45) is 0 Å². The molecule has 0 unspecified atom stereocenters. The summed E-state index contributed by atoms with van der Waals surface area (Å²) in [7, 11) is -5.67. The fourth-order valence-corrected chi connectivity index (χ4v) is 7.76. The zero-order valence-electron chi connectivity index (χ0n) is 15.5. The van der Waals surface area contributed by atoms with Crippen LogP contribution in [0.1, 0.15) is 0 Å². The second kappa shape index (κ2) is 8.07. The first-order chi connectivity index (χ1) is 15.9. The molecule has 2 aliphatic rings. The summed E-state index contributed by atoms with van der Waals surface area (Å²) in [5.41, 5.74) is 0. The van der Waals surface area contributed by atoms with Gasteiger partial charge in [0.15, 0.2) is 0 Å². The molecule has 180 valence electrons. The number of fused-ring (bicyclic) bond motifs is 2. The molecule has 0 saturated carbocycles. The van der Waals surface area contributed by atoms with Crippen molar-refractivity contribution in [3.63, 3.8) is 0 Å². The number of para-hydroxylation sites is 1. The molecule has 0 aromatic heterocycles. The van der Waals surface area contributed by atoms with Crippen molar-refractivity contribution in [2.75, 3.05) is 0 Å². The van der Waals surface area contributed by atoms with Gasteiger partial charge in [0.1, 0.15) is 0 Å². The quantitative estimate of drug-likeness (QED) is 0.157. The standard InChI is InChI=1S/C18H4Cl8FO6P/c19-6-7(20)11(24)16-15(10(6)23)30-34(31-16,29-14-4(27)2-1-3-5(14)28)32-17-12(25)8(21)9(22)13(26)18(17)33-34/h1-3,28H/p-1. The summed E-state index contributed by atoms with van der Waals surface area (Å²) in [6.45, 7) is 0. The van der Waals surface area contributed by atoms with Crippen molar-refractivity contribution in [2.45, 2.75) is 0 Å². The Morgan fingerprint density at radius 3 is 1.29 bits per heavy atom. The van der Waals surface area contributed by atoms with Crippen molar-refractivity contribution in [1.29, 1.82) is 0 Å². The van der Waals surface area contributed by atoms with Crippen LogP contribution in [0, 0.1) is 5.82 Å². The van der Waals surface area contributed by atoms with Crippen LogP contribution in [0.5, 0.6) is 34.5 Å². The summed E-state index contributed by atoms with van der Waals surface area (Å²) in [6.07, 6.45) is 0. The summed E-state index contributed by atoms with van der Waals surface area (Å²) in [6, 6.07) is 3.12. The summed E-state index contributed by atoms with van der Waals surface area (Å²) < 4.78 is 43.7. The number of halogens is 9. The molecule has 0 aliphatic carbocycles. The number of rotatable bonds is 2. The molecule has 3 aromatic rings. The van der Waals surface area contributed by atoms with E-state index in [0.717, 1.165) is 18.2 Å². The predicted molar refractivity (Wildman–Crippen MR) is 129 cm³/mol. The molecular formula is C18H3Cl8FO6P-. The molecular weight excluding hydrogens is 646 g/mol. The summed E-state index contributed by atoms with van der Waals surface area (Å²) >= 11 is 49.6. The topological polar surface area (TPSA) is 69.2 Å². The van der Waals surface area contributed by atoms with E-state index >= 15 is 0 Å². The predicted octanol–water partition coefficient (Wildman–Crippen LogP) is 9.58. The van der Waals surface area contributed by atoms with Crippen LogP contribution >= 0.6 is 101 Å². The van der Waals surface area contributed by atoms with Crippen LogP contribution in [0.2, 0.25) is 40.2 Å². The minimum atomic E-state index is -5.67. The van der Waals surface area contributed by atoms with Crippen molar-refractivity contribution in [3.05, 3.63) is 64.2 Å². The maximum atomic E-state index is 14.7. The van der Waals surface area contributed by atoms with E-state index in [9.17, 15) is 9.50 Å². The van der Waals surface area contributed by atoms with Gasteiger partial charge in [-0.1, -0.05) is 0 Å². The third-order valence-corrected chi connectivity index (χ3v) is 10.4. The Labute approximate surface area is 230 Å². The Morgan fingerprint density at radius 2 is 0.971 bits per heavy atom. The van der Waals surface area contributed by atoms with E-state index in [2.05, 4.69) is 0 Å². The zero-order chi connectivity index (χ0) is 24.8. The van der Waals surface area contributed by atoms with Gasteiger partial charge in [-0.05, 0) is 0 Å². The molecule has 0 saturated heterocycles. The van der Waals surface area contributed by atoms with Crippen molar-refractivity contribution < 1.29 is 32.1 Å². The summed E-state index contributed by atoms with van der Waals surface area (Å²) in [5, 5.41) is 10.5. The molecule has 0 N–H and O–H groups in total. The summed E-state index contributed by atoms with van der Waals surface area (Å²) in [4.78, 5) is 0. The fraction of sp³-hybridized carbons (Fsp3) is 0. The first kappa shape index (κ1) is 24.8. The Bertz CT molecular complexity index is 1260. The van der Waals surface area contributed by atoms with E-state index in [-0.39, 0.29) is 63.2 Å². The molecule has 16 heteroatoms. The average molecular weight is 649 g/mol. The first-order valence-corrected chi connectivity index (χ1v) is 13.4. The number of hydrogen-bond donors (Lipinski definition) is 0. The van der Waals surface area contributed by atoms with Crippen molar-refractivity contribution >= 4 is 101 Å². The summed E-state index contributed by atoms with van der Waals surface area (Å²) in [5.74, 6) is -4.22. The zero-order valence-corrected chi connectivity index (χ0v) is 22.5. The molecule has 6 nitrogen and oxygen atoms in total. The van der Waals surface area contributed by atoms with E-state index in [1.807, 2.05) is 0 Å². The van der Waals surface area contributed by atoms with Gasteiger partial charge >= 0.3 is 231 Å². The normalized spacial score (nSPS) is 17.5. The van der Waals surface area contributed by atoms with E-state index in [0.29, 0.717) is 0 Å². The number of benzene rings is 3. The third-order valence-electron chi connectivity index (χ3n) is 4.50. The molecule has 5 rings (SSSR count). The van der Waals surface area contributed by atoms with Crippen LogP contribution in [0.25, 0.3) is 0 Å². The van der Waals surface area contributed by atoms with Crippen LogP contribution in [0.3, 0.4) is 0 Å². The van der Waals surface area contributed by atoms with Crippen LogP contribution in [-0.2, 0) is 0 Å². The number of hydrogen-bond acceptors (Lipinski definition) is 6. The molecule has 2 heterocycles. The monoisotopic (exact) mass is 645 g/mol. The van der Waals surface area contributed by atoms with Gasteiger partial charge in [-0.25, -0.2) is 0 Å². The van der Waals surface area contributed by atoms with E-state index in [4.69, 9.17) is 115 Å². The second-order valence-electron chi connectivity index (χ2n) is 6.60. The molecule has 34 heavy (non-hydrogen) atoms. The van der Waals surface area contributed by atoms with Crippen molar-refractivity contribution in [1.82, 2.24) is 0 Å². The van der Waals surface area contributed by atoms with E-state index in [1.54, 1.807) is 0 Å². The van der Waals surface area contributed by atoms with Gasteiger partial charge in [-0.15, -0.1) is 0 Å². The van der Waals surface area contributed by atoms with Gasteiger partial charge in [0.05, 0.1) is 0 Å². The van der Waals surface area contributed by atoms with E-state index in [1.165, 1.54) is 0 Å². The van der Waals surface area contributed by atoms with Crippen LogP contribution in [0.4, 0.5) is 4.39 Å². The van der Waals surface area contributed by atoms with Gasteiger partial charge in [0, 0.05) is 0 Å². The fourth-order valence-electron chi connectivity index (χ4n) is 3.02. The molecule has 2 aliphatic heterocycles. The molecule has 1 spiro atoms. The van der Waals surface area contributed by atoms with Gasteiger partial charge < -0.3 is 0 Å². The van der Waals surface area contributed by atoms with Crippen LogP contribution in [-0.4, -0.2) is 0 Å². The first-order valence-electron chi connectivity index (χ1n) is 8.58. The van der Waals surface area contributed by atoms with E-state index < -0.39 is 25.1 Å². The van der Waals surface area contributed by atoms with Gasteiger partial charge in [0.25, 0.3) is 0 Å². The molecule has 0 fully saturated rings. The SMILES string of the molecule is [O-]c1cccc(F)c1OP12(Oc3c(Cl)c(Cl)c(Cl)c(Cl)c3O1)Oc1c(Cl)c(Cl)c(Cl)c(Cl)c1O2. The molecule has 3 aromatic carbocycles. The Morgan fingerprint density at radius 1 is 0.618 bits per heavy atom. The van der Waals surface area contributed by atoms with Crippen LogP contribution < -0.4 is 27.7 Å². The molecule has 0 amide bonds. The van der Waals surface area contributed by atoms with Gasteiger partial charge in [-0.3, -0.25) is 0 Å². The molecule has 0 bridgehead atoms. The van der Waals surface area contributed by atoms with Gasteiger partial charge in [0.2, 0.25) is 0 Å². The van der Waals surface area contributed by atoms with Crippen molar-refractivity contribution in [3.8, 4) is 34.5 Å². The Kier molecular flexibility index (Phi) is 5.89.